The van der Waals surface area contributed by atoms with Gasteiger partial charge in [-0.05, 0) is 42.7 Å². The summed E-state index contributed by atoms with van der Waals surface area (Å²) in [5, 5.41) is 2.62. The highest BCUT2D eigenvalue weighted by atomic mass is 15.2. The van der Waals surface area contributed by atoms with Crippen LogP contribution in [-0.2, 0) is 0 Å². The second-order valence-corrected chi connectivity index (χ2v) is 5.36. The first-order valence-corrected chi connectivity index (χ1v) is 6.75. The Morgan fingerprint density at radius 2 is 1.89 bits per heavy atom. The van der Waals surface area contributed by atoms with E-state index in [9.17, 15) is 0 Å². The molecule has 2 unspecified atom stereocenters. The molecule has 0 amide bonds. The first-order chi connectivity index (χ1) is 8.74. The van der Waals surface area contributed by atoms with Crippen molar-refractivity contribution in [3.63, 3.8) is 0 Å². The molecule has 0 saturated carbocycles. The van der Waals surface area contributed by atoms with E-state index in [1.807, 2.05) is 0 Å². The van der Waals surface area contributed by atoms with Crippen molar-refractivity contribution in [2.75, 3.05) is 11.4 Å². The molecular weight excluding hydrogens is 220 g/mol. The van der Waals surface area contributed by atoms with Gasteiger partial charge in [-0.3, -0.25) is 0 Å². The van der Waals surface area contributed by atoms with Crippen LogP contribution in [0.4, 0.5) is 5.69 Å². The van der Waals surface area contributed by atoms with Crippen molar-refractivity contribution in [2.24, 2.45) is 5.73 Å². The molecule has 18 heavy (non-hydrogen) atoms. The SMILES string of the molecule is CC1CC(N)CCN1c1ccc2ccccc2c1. The van der Waals surface area contributed by atoms with Gasteiger partial charge in [0.1, 0.15) is 0 Å². The van der Waals surface area contributed by atoms with Crippen LogP contribution in [0.15, 0.2) is 42.5 Å². The van der Waals surface area contributed by atoms with E-state index in [1.165, 1.54) is 16.5 Å². The average molecular weight is 240 g/mol. The Morgan fingerprint density at radius 1 is 1.11 bits per heavy atom. The average Bonchev–Trinajstić information content (AvgIpc) is 2.38. The number of anilines is 1. The van der Waals surface area contributed by atoms with Crippen LogP contribution in [-0.4, -0.2) is 18.6 Å². The van der Waals surface area contributed by atoms with Crippen molar-refractivity contribution in [1.29, 1.82) is 0 Å². The highest BCUT2D eigenvalue weighted by Crippen LogP contribution is 2.27. The van der Waals surface area contributed by atoms with Gasteiger partial charge in [-0.25, -0.2) is 0 Å². The molecule has 1 fully saturated rings. The minimum Gasteiger partial charge on any atom is -0.369 e. The van der Waals surface area contributed by atoms with Crippen LogP contribution >= 0.6 is 0 Å². The Bertz CT molecular complexity index is 550. The number of hydrogen-bond donors (Lipinski definition) is 1. The Kier molecular flexibility index (Phi) is 2.96. The maximum absolute atomic E-state index is 6.03. The van der Waals surface area contributed by atoms with Gasteiger partial charge in [-0.1, -0.05) is 30.3 Å². The highest BCUT2D eigenvalue weighted by Gasteiger charge is 2.23. The maximum atomic E-state index is 6.03. The zero-order chi connectivity index (χ0) is 12.5. The number of rotatable bonds is 1. The summed E-state index contributed by atoms with van der Waals surface area (Å²) in [6.45, 7) is 3.34. The molecule has 2 heteroatoms. The third kappa shape index (κ3) is 2.08. The molecule has 1 aliphatic rings. The summed E-state index contributed by atoms with van der Waals surface area (Å²) in [5.74, 6) is 0. The van der Waals surface area contributed by atoms with Crippen molar-refractivity contribution >= 4 is 16.5 Å². The molecule has 2 nitrogen and oxygen atoms in total. The van der Waals surface area contributed by atoms with Gasteiger partial charge in [0.15, 0.2) is 0 Å². The molecule has 1 heterocycles. The largest absolute Gasteiger partial charge is 0.369 e. The third-order valence-electron chi connectivity index (χ3n) is 3.98. The van der Waals surface area contributed by atoms with Crippen LogP contribution in [0.3, 0.4) is 0 Å². The normalized spacial score (nSPS) is 24.4. The summed E-state index contributed by atoms with van der Waals surface area (Å²) in [6.07, 6.45) is 2.18. The van der Waals surface area contributed by atoms with E-state index in [1.54, 1.807) is 0 Å². The smallest absolute Gasteiger partial charge is 0.0375 e. The monoisotopic (exact) mass is 240 g/mol. The third-order valence-corrected chi connectivity index (χ3v) is 3.98. The molecule has 2 atom stereocenters. The van der Waals surface area contributed by atoms with Gasteiger partial charge in [-0.15, -0.1) is 0 Å². The van der Waals surface area contributed by atoms with Crippen molar-refractivity contribution < 1.29 is 0 Å². The van der Waals surface area contributed by atoms with Crippen LogP contribution in [0.2, 0.25) is 0 Å². The Labute approximate surface area is 108 Å². The maximum Gasteiger partial charge on any atom is 0.0375 e. The molecule has 0 aliphatic carbocycles. The molecule has 94 valence electrons. The van der Waals surface area contributed by atoms with E-state index in [0.29, 0.717) is 12.1 Å². The van der Waals surface area contributed by atoms with E-state index in [-0.39, 0.29) is 0 Å². The summed E-state index contributed by atoms with van der Waals surface area (Å²) in [6, 6.07) is 16.2. The minimum absolute atomic E-state index is 0.372. The van der Waals surface area contributed by atoms with Gasteiger partial charge in [0.25, 0.3) is 0 Å². The lowest BCUT2D eigenvalue weighted by molar-refractivity contribution is 0.430. The van der Waals surface area contributed by atoms with Crippen molar-refractivity contribution in [2.45, 2.75) is 31.8 Å². The van der Waals surface area contributed by atoms with E-state index < -0.39 is 0 Å². The molecule has 2 aromatic carbocycles. The Hall–Kier alpha value is -1.54. The quantitative estimate of drug-likeness (QED) is 0.829. The van der Waals surface area contributed by atoms with Crippen molar-refractivity contribution in [3.05, 3.63) is 42.5 Å². The fourth-order valence-corrected chi connectivity index (χ4v) is 2.95. The summed E-state index contributed by atoms with van der Waals surface area (Å²) in [4.78, 5) is 2.48. The van der Waals surface area contributed by atoms with Gasteiger partial charge >= 0.3 is 0 Å². The van der Waals surface area contributed by atoms with Crippen molar-refractivity contribution in [1.82, 2.24) is 0 Å². The standard InChI is InChI=1S/C16H20N2/c1-12-10-15(17)8-9-18(12)16-7-6-13-4-2-3-5-14(13)11-16/h2-7,11-12,15H,8-10,17H2,1H3. The first kappa shape index (κ1) is 11.5. The van der Waals surface area contributed by atoms with Gasteiger partial charge in [0.05, 0.1) is 0 Å². The molecule has 0 radical (unpaired) electrons. The Balaban J connectivity index is 1.94. The predicted molar refractivity (Wildman–Crippen MR) is 78.0 cm³/mol. The molecule has 0 aromatic heterocycles. The van der Waals surface area contributed by atoms with Gasteiger partial charge in [-0.2, -0.15) is 0 Å². The van der Waals surface area contributed by atoms with Crippen molar-refractivity contribution in [3.8, 4) is 0 Å². The van der Waals surface area contributed by atoms with Crippen LogP contribution in [0.1, 0.15) is 19.8 Å². The lowest BCUT2D eigenvalue weighted by Crippen LogP contribution is -2.45. The number of fused-ring (bicyclic) bond motifs is 1. The molecule has 3 rings (SSSR count). The lowest BCUT2D eigenvalue weighted by Gasteiger charge is -2.38. The van der Waals surface area contributed by atoms with E-state index in [4.69, 9.17) is 5.73 Å². The summed E-state index contributed by atoms with van der Waals surface area (Å²) < 4.78 is 0. The highest BCUT2D eigenvalue weighted by molar-refractivity contribution is 5.85. The summed E-state index contributed by atoms with van der Waals surface area (Å²) >= 11 is 0. The van der Waals surface area contributed by atoms with Crippen LogP contribution in [0.25, 0.3) is 10.8 Å². The van der Waals surface area contributed by atoms with E-state index >= 15 is 0 Å². The van der Waals surface area contributed by atoms with E-state index in [2.05, 4.69) is 54.3 Å². The number of hydrogen-bond acceptors (Lipinski definition) is 2. The Morgan fingerprint density at radius 3 is 2.67 bits per heavy atom. The van der Waals surface area contributed by atoms with Crippen LogP contribution in [0.5, 0.6) is 0 Å². The second-order valence-electron chi connectivity index (χ2n) is 5.36. The van der Waals surface area contributed by atoms with Crippen LogP contribution < -0.4 is 10.6 Å². The van der Waals surface area contributed by atoms with Gasteiger partial charge < -0.3 is 10.6 Å². The van der Waals surface area contributed by atoms with Crippen LogP contribution in [0, 0.1) is 0 Å². The fraction of sp³-hybridized carbons (Fsp3) is 0.375. The predicted octanol–water partition coefficient (Wildman–Crippen LogP) is 3.16. The van der Waals surface area contributed by atoms with Gasteiger partial charge in [0.2, 0.25) is 0 Å². The summed E-state index contributed by atoms with van der Waals surface area (Å²) in [7, 11) is 0. The molecule has 0 bridgehead atoms. The first-order valence-electron chi connectivity index (χ1n) is 6.75. The minimum atomic E-state index is 0.372. The summed E-state index contributed by atoms with van der Waals surface area (Å²) in [5.41, 5.74) is 7.36. The van der Waals surface area contributed by atoms with E-state index in [0.717, 1.165) is 19.4 Å². The number of benzene rings is 2. The molecule has 1 saturated heterocycles. The second kappa shape index (κ2) is 4.62. The number of piperidine rings is 1. The molecule has 0 spiro atoms. The fourth-order valence-electron chi connectivity index (χ4n) is 2.95. The molecule has 2 aromatic rings. The topological polar surface area (TPSA) is 29.3 Å². The van der Waals surface area contributed by atoms with Gasteiger partial charge in [0, 0.05) is 24.3 Å². The lowest BCUT2D eigenvalue weighted by atomic mass is 9.98. The molecule has 2 N–H and O–H groups in total. The number of nitrogens with two attached hydrogens (primary N) is 1. The number of nitrogens with zero attached hydrogens (tertiary/aromatic N) is 1. The zero-order valence-corrected chi connectivity index (χ0v) is 10.8. The molecule has 1 aliphatic heterocycles. The molecular formula is C16H20N2. The zero-order valence-electron chi connectivity index (χ0n) is 10.8.